The predicted octanol–water partition coefficient (Wildman–Crippen LogP) is 1.92. The molecule has 5 rings (SSSR count). The molecule has 12 nitrogen and oxygen atoms in total. The standard InChI is InChI=1S/C28H30N2O10S2/c1-41(34,35)40-19-39-23-11-9-20(10-12-23)17-29-26-14-13-24(16-25(26)28(32,33)27(29)31)42(36,37)30-15-5-6-21(30)18-38-22-7-3-2-4-8-22/h2-4,7-14,16,21,32-33H,5-6,15,17-19H2,1H3/t21-/m0/s1. The van der Waals surface area contributed by atoms with Crippen LogP contribution in [0.4, 0.5) is 5.69 Å². The molecule has 0 unspecified atom stereocenters. The van der Waals surface area contributed by atoms with Crippen LogP contribution in [0.25, 0.3) is 0 Å². The molecular formula is C28H30N2O10S2. The van der Waals surface area contributed by atoms with E-state index in [9.17, 15) is 31.8 Å². The minimum absolute atomic E-state index is 0.0497. The first-order chi connectivity index (χ1) is 19.9. The Morgan fingerprint density at radius 3 is 2.31 bits per heavy atom. The molecule has 1 fully saturated rings. The van der Waals surface area contributed by atoms with Gasteiger partial charge in [0, 0.05) is 12.1 Å². The summed E-state index contributed by atoms with van der Waals surface area (Å²) in [6.07, 6.45) is 2.16. The summed E-state index contributed by atoms with van der Waals surface area (Å²) in [5.41, 5.74) is 0.525. The Bertz CT molecular complexity index is 1660. The number of aliphatic hydroxyl groups is 2. The van der Waals surface area contributed by atoms with E-state index in [-0.39, 0.29) is 35.8 Å². The molecule has 0 aliphatic carbocycles. The molecule has 0 saturated carbocycles. The van der Waals surface area contributed by atoms with Crippen molar-refractivity contribution in [2.75, 3.05) is 31.1 Å². The minimum atomic E-state index is -4.04. The Kier molecular flexibility index (Phi) is 8.29. The number of hydrogen-bond acceptors (Lipinski definition) is 10. The summed E-state index contributed by atoms with van der Waals surface area (Å²) < 4.78 is 66.3. The zero-order valence-corrected chi connectivity index (χ0v) is 24.3. The van der Waals surface area contributed by atoms with Gasteiger partial charge in [0.2, 0.25) is 16.8 Å². The second kappa shape index (κ2) is 11.6. The molecule has 1 amide bonds. The fourth-order valence-electron chi connectivity index (χ4n) is 4.95. The molecule has 0 radical (unpaired) electrons. The number of sulfonamides is 1. The Labute approximate surface area is 243 Å². The van der Waals surface area contributed by atoms with Crippen LogP contribution in [0.3, 0.4) is 0 Å². The minimum Gasteiger partial charge on any atom is -0.492 e. The number of ether oxygens (including phenoxy) is 2. The average Bonchev–Trinajstić information content (AvgIpc) is 3.51. The van der Waals surface area contributed by atoms with Crippen LogP contribution in [0.2, 0.25) is 0 Å². The van der Waals surface area contributed by atoms with Gasteiger partial charge in [-0.05, 0) is 60.9 Å². The van der Waals surface area contributed by atoms with Gasteiger partial charge < -0.3 is 24.6 Å². The number of fused-ring (bicyclic) bond motifs is 1. The van der Waals surface area contributed by atoms with Crippen LogP contribution in [-0.2, 0) is 41.5 Å². The Morgan fingerprint density at radius 1 is 0.929 bits per heavy atom. The molecule has 224 valence electrons. The number of carbonyl (C=O) groups excluding carboxylic acids is 1. The third-order valence-corrected chi connectivity index (χ3v) is 9.52. The highest BCUT2D eigenvalue weighted by molar-refractivity contribution is 7.89. The van der Waals surface area contributed by atoms with Crippen LogP contribution in [0.1, 0.15) is 24.0 Å². The van der Waals surface area contributed by atoms with Crippen molar-refractivity contribution in [1.29, 1.82) is 0 Å². The molecule has 42 heavy (non-hydrogen) atoms. The predicted molar refractivity (Wildman–Crippen MR) is 150 cm³/mol. The van der Waals surface area contributed by atoms with Crippen molar-refractivity contribution in [2.45, 2.75) is 36.1 Å². The number of anilines is 1. The van der Waals surface area contributed by atoms with Gasteiger partial charge >= 0.3 is 0 Å². The summed E-state index contributed by atoms with van der Waals surface area (Å²) in [5.74, 6) is -3.00. The van der Waals surface area contributed by atoms with Gasteiger partial charge in [0.1, 0.15) is 18.1 Å². The van der Waals surface area contributed by atoms with Crippen molar-refractivity contribution < 1.29 is 45.5 Å². The fraction of sp³-hybridized carbons (Fsp3) is 0.321. The number of para-hydroxylation sites is 1. The van der Waals surface area contributed by atoms with Gasteiger partial charge in [-0.2, -0.15) is 12.7 Å². The van der Waals surface area contributed by atoms with Crippen LogP contribution < -0.4 is 14.4 Å². The van der Waals surface area contributed by atoms with E-state index < -0.39 is 44.7 Å². The first-order valence-corrected chi connectivity index (χ1v) is 16.3. The summed E-state index contributed by atoms with van der Waals surface area (Å²) >= 11 is 0. The molecule has 0 aromatic heterocycles. The third-order valence-electron chi connectivity index (χ3n) is 7.04. The summed E-state index contributed by atoms with van der Waals surface area (Å²) in [6, 6.07) is 18.9. The highest BCUT2D eigenvalue weighted by Crippen LogP contribution is 2.41. The first-order valence-electron chi connectivity index (χ1n) is 13.0. The van der Waals surface area contributed by atoms with Crippen LogP contribution in [0.15, 0.2) is 77.7 Å². The van der Waals surface area contributed by atoms with Crippen LogP contribution in [-0.4, -0.2) is 69.5 Å². The maximum atomic E-state index is 13.6. The van der Waals surface area contributed by atoms with E-state index in [2.05, 4.69) is 4.18 Å². The molecule has 14 heteroatoms. The lowest BCUT2D eigenvalue weighted by molar-refractivity contribution is -0.183. The van der Waals surface area contributed by atoms with E-state index >= 15 is 0 Å². The molecule has 2 N–H and O–H groups in total. The first kappa shape index (κ1) is 29.9. The Morgan fingerprint density at radius 2 is 1.62 bits per heavy atom. The largest absolute Gasteiger partial charge is 0.492 e. The second-order valence-corrected chi connectivity index (χ2v) is 13.5. The van der Waals surface area contributed by atoms with Gasteiger partial charge in [0.05, 0.1) is 29.4 Å². The molecule has 0 spiro atoms. The molecule has 3 aromatic carbocycles. The molecule has 1 atom stereocenters. The summed E-state index contributed by atoms with van der Waals surface area (Å²) in [7, 11) is -7.70. The number of hydrogen-bond donors (Lipinski definition) is 2. The molecule has 3 aromatic rings. The van der Waals surface area contributed by atoms with E-state index in [0.29, 0.717) is 29.9 Å². The van der Waals surface area contributed by atoms with Crippen molar-refractivity contribution in [3.05, 3.63) is 83.9 Å². The van der Waals surface area contributed by atoms with Crippen molar-refractivity contribution in [3.63, 3.8) is 0 Å². The van der Waals surface area contributed by atoms with Crippen LogP contribution in [0.5, 0.6) is 11.5 Å². The highest BCUT2D eigenvalue weighted by Gasteiger charge is 2.49. The number of amides is 1. The number of nitrogens with zero attached hydrogens (tertiary/aromatic N) is 2. The maximum absolute atomic E-state index is 13.6. The smallest absolute Gasteiger partial charge is 0.292 e. The van der Waals surface area contributed by atoms with Gasteiger partial charge in [-0.15, -0.1) is 0 Å². The van der Waals surface area contributed by atoms with Crippen molar-refractivity contribution in [1.82, 2.24) is 4.31 Å². The normalized spacial score (nSPS) is 18.7. The zero-order chi connectivity index (χ0) is 30.1. The number of benzene rings is 3. The number of carbonyl (C=O) groups is 1. The lowest BCUT2D eigenvalue weighted by Crippen LogP contribution is -2.40. The SMILES string of the molecule is CS(=O)(=O)OCOc1ccc(CN2C(=O)C(O)(O)c3cc(S(=O)(=O)N4CCC[C@H]4COc4ccccc4)ccc32)cc1. The monoisotopic (exact) mass is 618 g/mol. The van der Waals surface area contributed by atoms with Gasteiger partial charge in [-0.3, -0.25) is 4.79 Å². The van der Waals surface area contributed by atoms with Gasteiger partial charge in [-0.1, -0.05) is 30.3 Å². The summed E-state index contributed by atoms with van der Waals surface area (Å²) in [6.45, 7) is -0.0984. The van der Waals surface area contributed by atoms with E-state index in [1.54, 1.807) is 24.3 Å². The Hall–Kier alpha value is -3.53. The van der Waals surface area contributed by atoms with Gasteiger partial charge in [0.15, 0.2) is 0 Å². The topological polar surface area (TPSA) is 160 Å². The van der Waals surface area contributed by atoms with E-state index in [4.69, 9.17) is 9.47 Å². The van der Waals surface area contributed by atoms with E-state index in [0.717, 1.165) is 17.2 Å². The molecular weight excluding hydrogens is 588 g/mol. The van der Waals surface area contributed by atoms with Gasteiger partial charge in [0.25, 0.3) is 21.8 Å². The number of rotatable bonds is 11. The molecule has 2 heterocycles. The lowest BCUT2D eigenvalue weighted by atomic mass is 10.1. The third kappa shape index (κ3) is 6.28. The van der Waals surface area contributed by atoms with Crippen molar-refractivity contribution in [2.24, 2.45) is 0 Å². The van der Waals surface area contributed by atoms with E-state index in [1.165, 1.54) is 28.6 Å². The molecule has 0 bridgehead atoms. The molecule has 1 saturated heterocycles. The zero-order valence-electron chi connectivity index (χ0n) is 22.6. The molecule has 2 aliphatic rings. The van der Waals surface area contributed by atoms with Gasteiger partial charge in [-0.25, -0.2) is 12.6 Å². The summed E-state index contributed by atoms with van der Waals surface area (Å²) in [4.78, 5) is 14.0. The lowest BCUT2D eigenvalue weighted by Gasteiger charge is -2.25. The second-order valence-electron chi connectivity index (χ2n) is 10.0. The highest BCUT2D eigenvalue weighted by atomic mass is 32.2. The van der Waals surface area contributed by atoms with Crippen LogP contribution in [0, 0.1) is 0 Å². The quantitative estimate of drug-likeness (QED) is 0.240. The van der Waals surface area contributed by atoms with Crippen LogP contribution >= 0.6 is 0 Å². The van der Waals surface area contributed by atoms with Crippen molar-refractivity contribution in [3.8, 4) is 11.5 Å². The molecule has 2 aliphatic heterocycles. The average molecular weight is 619 g/mol. The Balaban J connectivity index is 1.32. The summed E-state index contributed by atoms with van der Waals surface area (Å²) in [5, 5.41) is 21.5. The maximum Gasteiger partial charge on any atom is 0.292 e. The van der Waals surface area contributed by atoms with E-state index in [1.807, 2.05) is 18.2 Å². The fourth-order valence-corrected chi connectivity index (χ4v) is 6.88. The van der Waals surface area contributed by atoms with Crippen molar-refractivity contribution >= 4 is 31.7 Å².